The maximum Gasteiger partial charge on any atom is 0.310 e. The minimum atomic E-state index is -9.84. The van der Waals surface area contributed by atoms with E-state index in [0.717, 1.165) is 6.07 Å². The minimum Gasteiger partial charge on any atom is -0.276 e. The van der Waals surface area contributed by atoms with Gasteiger partial charge in [-0.2, -0.15) is 0 Å². The van der Waals surface area contributed by atoms with Crippen LogP contribution in [0.25, 0.3) is 0 Å². The lowest BCUT2D eigenvalue weighted by atomic mass is 10.2. The van der Waals surface area contributed by atoms with E-state index in [4.69, 9.17) is 23.2 Å². The average Bonchev–Trinajstić information content (AvgIpc) is 1.98. The summed E-state index contributed by atoms with van der Waals surface area (Å²) >= 11 is 10.1. The SMILES string of the molecule is O=C(Cl)c1cc(Cl)cc(S(F)(F)(F)(F)F)c1. The van der Waals surface area contributed by atoms with E-state index in [0.29, 0.717) is 0 Å². The Kier molecular flexibility index (Phi) is 2.56. The van der Waals surface area contributed by atoms with Gasteiger partial charge in [0.25, 0.3) is 5.24 Å². The van der Waals surface area contributed by atoms with Crippen LogP contribution >= 0.6 is 33.4 Å². The first-order valence-corrected chi connectivity index (χ1v) is 6.25. The summed E-state index contributed by atoms with van der Waals surface area (Å²) in [6.45, 7) is 0. The van der Waals surface area contributed by atoms with Gasteiger partial charge in [-0.05, 0) is 29.8 Å². The minimum absolute atomic E-state index is 0.0250. The molecule has 0 aliphatic carbocycles. The van der Waals surface area contributed by atoms with E-state index >= 15 is 0 Å². The monoisotopic (exact) mass is 300 g/mol. The quantitative estimate of drug-likeness (QED) is 0.529. The smallest absolute Gasteiger partial charge is 0.276 e. The van der Waals surface area contributed by atoms with Gasteiger partial charge in [0.15, 0.2) is 0 Å². The molecule has 0 aromatic heterocycles. The second kappa shape index (κ2) is 3.02. The van der Waals surface area contributed by atoms with Crippen LogP contribution in [0.3, 0.4) is 0 Å². The summed E-state index contributed by atoms with van der Waals surface area (Å²) in [5, 5.41) is -1.94. The number of rotatable bonds is 2. The highest BCUT2D eigenvalue weighted by molar-refractivity contribution is 8.45. The lowest BCUT2D eigenvalue weighted by Gasteiger charge is -2.40. The molecule has 16 heavy (non-hydrogen) atoms. The molecular weight excluding hydrogens is 298 g/mol. The zero-order valence-electron chi connectivity index (χ0n) is 7.19. The van der Waals surface area contributed by atoms with E-state index in [9.17, 15) is 24.2 Å². The maximum atomic E-state index is 12.4. The van der Waals surface area contributed by atoms with E-state index in [2.05, 4.69) is 0 Å². The van der Waals surface area contributed by atoms with Crippen molar-refractivity contribution in [1.29, 1.82) is 0 Å². The predicted molar refractivity (Wildman–Crippen MR) is 53.0 cm³/mol. The summed E-state index contributed by atoms with van der Waals surface area (Å²) in [5.74, 6) is 0. The van der Waals surface area contributed by atoms with E-state index in [1.807, 2.05) is 0 Å². The fraction of sp³-hybridized carbons (Fsp3) is 0. The van der Waals surface area contributed by atoms with Crippen molar-refractivity contribution in [3.63, 3.8) is 0 Å². The van der Waals surface area contributed by atoms with Gasteiger partial charge in [0.2, 0.25) is 0 Å². The number of benzene rings is 1. The normalized spacial score (nSPS) is 16.4. The molecule has 92 valence electrons. The second-order valence-electron chi connectivity index (χ2n) is 2.92. The van der Waals surface area contributed by atoms with E-state index in [1.54, 1.807) is 0 Å². The Morgan fingerprint density at radius 3 is 1.94 bits per heavy atom. The number of hydrogen-bond acceptors (Lipinski definition) is 1. The highest BCUT2D eigenvalue weighted by atomic mass is 35.5. The molecule has 1 rings (SSSR count). The molecule has 0 aliphatic heterocycles. The fourth-order valence-corrected chi connectivity index (χ4v) is 2.01. The van der Waals surface area contributed by atoms with Gasteiger partial charge in [0.05, 0.1) is 0 Å². The Morgan fingerprint density at radius 1 is 1.06 bits per heavy atom. The third-order valence-corrected chi connectivity index (χ3v) is 3.11. The van der Waals surface area contributed by atoms with Crippen LogP contribution in [0, 0.1) is 0 Å². The van der Waals surface area contributed by atoms with Gasteiger partial charge in [-0.3, -0.25) is 4.79 Å². The van der Waals surface area contributed by atoms with Crippen molar-refractivity contribution in [2.24, 2.45) is 0 Å². The van der Waals surface area contributed by atoms with Crippen molar-refractivity contribution in [3.8, 4) is 0 Å². The van der Waals surface area contributed by atoms with Crippen molar-refractivity contribution in [2.45, 2.75) is 4.90 Å². The molecule has 0 radical (unpaired) electrons. The molecular formula is C7H3Cl2F5OS. The molecule has 0 unspecified atom stereocenters. The molecule has 0 heterocycles. The summed E-state index contributed by atoms with van der Waals surface area (Å²) in [7, 11) is -9.84. The average molecular weight is 301 g/mol. The van der Waals surface area contributed by atoms with E-state index in [1.165, 1.54) is 0 Å². The van der Waals surface area contributed by atoms with Gasteiger partial charge in [-0.15, -0.1) is 0 Å². The molecule has 0 saturated carbocycles. The van der Waals surface area contributed by atoms with Gasteiger partial charge in [-0.1, -0.05) is 31.0 Å². The summed E-state index contributed by atoms with van der Waals surface area (Å²) in [6.07, 6.45) is 0. The molecule has 0 spiro atoms. The zero-order valence-corrected chi connectivity index (χ0v) is 9.52. The number of halogens is 7. The van der Waals surface area contributed by atoms with Gasteiger partial charge >= 0.3 is 10.2 Å². The molecule has 0 bridgehead atoms. The Bertz CT molecular complexity index is 469. The maximum absolute atomic E-state index is 12.4. The molecule has 0 N–H and O–H groups in total. The molecule has 0 atom stereocenters. The largest absolute Gasteiger partial charge is 0.310 e. The van der Waals surface area contributed by atoms with Crippen molar-refractivity contribution < 1.29 is 24.2 Å². The third kappa shape index (κ3) is 3.23. The van der Waals surface area contributed by atoms with Crippen LogP contribution in [0.2, 0.25) is 5.02 Å². The van der Waals surface area contributed by atoms with Crippen LogP contribution in [0.5, 0.6) is 0 Å². The third-order valence-electron chi connectivity index (χ3n) is 1.54. The second-order valence-corrected chi connectivity index (χ2v) is 6.11. The molecule has 0 fully saturated rings. The molecule has 0 amide bonds. The molecule has 0 saturated heterocycles. The summed E-state index contributed by atoms with van der Waals surface area (Å²) in [6, 6.07) is 0.791. The van der Waals surface area contributed by atoms with Gasteiger partial charge in [0.1, 0.15) is 4.90 Å². The number of carbonyl (C=O) groups excluding carboxylic acids is 1. The van der Waals surface area contributed by atoms with Crippen LogP contribution in [-0.4, -0.2) is 5.24 Å². The Labute approximate surface area is 96.9 Å². The van der Waals surface area contributed by atoms with Gasteiger partial charge < -0.3 is 0 Å². The highest BCUT2D eigenvalue weighted by Crippen LogP contribution is 3.02. The van der Waals surface area contributed by atoms with Crippen LogP contribution in [0.1, 0.15) is 10.4 Å². The van der Waals surface area contributed by atoms with Gasteiger partial charge in [-0.25, -0.2) is 0 Å². The number of hydrogen-bond donors (Lipinski definition) is 0. The summed E-state index contributed by atoms with van der Waals surface area (Å²) < 4.78 is 61.8. The van der Waals surface area contributed by atoms with E-state index in [-0.39, 0.29) is 12.1 Å². The molecule has 1 aromatic rings. The lowest BCUT2D eigenvalue weighted by Crippen LogP contribution is -2.07. The standard InChI is InChI=1S/C7H3Cl2F5OS/c8-5-1-4(7(9)15)2-6(3-5)16(10,11,12,13)14/h1-3H. The summed E-state index contributed by atoms with van der Waals surface area (Å²) in [5.41, 5.74) is -0.739. The molecule has 0 aliphatic rings. The number of carbonyl (C=O) groups is 1. The van der Waals surface area contributed by atoms with Crippen LogP contribution in [0.15, 0.2) is 23.1 Å². The lowest BCUT2D eigenvalue weighted by molar-refractivity contribution is 0.108. The molecule has 1 nitrogen and oxygen atoms in total. The molecule has 9 heteroatoms. The predicted octanol–water partition coefficient (Wildman–Crippen LogP) is 5.38. The fourth-order valence-electron chi connectivity index (χ4n) is 0.899. The van der Waals surface area contributed by atoms with Crippen molar-refractivity contribution in [3.05, 3.63) is 28.8 Å². The van der Waals surface area contributed by atoms with E-state index < -0.39 is 30.9 Å². The Balaban J connectivity index is 3.56. The first kappa shape index (κ1) is 13.5. The Hall–Kier alpha value is -0.530. The highest BCUT2D eigenvalue weighted by Gasteiger charge is 2.65. The van der Waals surface area contributed by atoms with Crippen molar-refractivity contribution in [2.75, 3.05) is 0 Å². The first-order valence-electron chi connectivity index (χ1n) is 3.54. The first-order chi connectivity index (χ1) is 6.79. The van der Waals surface area contributed by atoms with Crippen LogP contribution in [0.4, 0.5) is 19.4 Å². The van der Waals surface area contributed by atoms with Crippen LogP contribution < -0.4 is 0 Å². The molecule has 1 aromatic carbocycles. The summed E-state index contributed by atoms with van der Waals surface area (Å²) in [4.78, 5) is 8.35. The van der Waals surface area contributed by atoms with Crippen LogP contribution in [-0.2, 0) is 0 Å². The zero-order chi connectivity index (χ0) is 12.8. The topological polar surface area (TPSA) is 17.1 Å². The van der Waals surface area contributed by atoms with Gasteiger partial charge in [0, 0.05) is 10.6 Å². The van der Waals surface area contributed by atoms with Crippen molar-refractivity contribution in [1.82, 2.24) is 0 Å². The Morgan fingerprint density at radius 2 is 1.56 bits per heavy atom. The van der Waals surface area contributed by atoms with Crippen molar-refractivity contribution >= 4 is 38.7 Å².